The predicted octanol–water partition coefficient (Wildman–Crippen LogP) is 7.87. The summed E-state index contributed by atoms with van der Waals surface area (Å²) in [5.74, 6) is -1.27. The third-order valence-corrected chi connectivity index (χ3v) is 10.1. The van der Waals surface area contributed by atoms with Gasteiger partial charge in [-0.05, 0) is 60.0 Å². The van der Waals surface area contributed by atoms with Crippen LogP contribution >= 0.6 is 27.5 Å². The molecule has 0 unspecified atom stereocenters. The van der Waals surface area contributed by atoms with E-state index in [1.807, 2.05) is 25.1 Å². The van der Waals surface area contributed by atoms with Gasteiger partial charge in [0.05, 0.1) is 21.2 Å². The smallest absolute Gasteiger partial charge is 0.354 e. The molecule has 0 saturated heterocycles. The standard InChI is InChI=1S/C35H34BrClF3N3O4S/c1-2-3-20-41-34(45)32(21-25-10-6-4-7-11-25)42(23-26-14-17-28(36)18-15-26)33(44)24-43(48(46,47)29-12-8-5-9-13-29)31-22-27(35(38,39)40)16-19-30(31)37/h4-19,22,32H,2-3,20-21,23-24H2,1H3,(H,41,45)/t32-/m0/s1. The fourth-order valence-corrected chi connectivity index (χ4v) is 6.94. The molecular formula is C35H34BrClF3N3O4S. The molecule has 48 heavy (non-hydrogen) atoms. The summed E-state index contributed by atoms with van der Waals surface area (Å²) in [6, 6.07) is 24.3. The molecule has 1 N–H and O–H groups in total. The first kappa shape index (κ1) is 37.0. The summed E-state index contributed by atoms with van der Waals surface area (Å²) in [6.07, 6.45) is -3.22. The second-order valence-electron chi connectivity index (χ2n) is 11.0. The highest BCUT2D eigenvalue weighted by Gasteiger charge is 2.37. The van der Waals surface area contributed by atoms with E-state index >= 15 is 0 Å². The summed E-state index contributed by atoms with van der Waals surface area (Å²) in [4.78, 5) is 29.3. The Hall–Kier alpha value is -3.87. The molecule has 2 amide bonds. The molecule has 7 nitrogen and oxygen atoms in total. The first-order valence-corrected chi connectivity index (χ1v) is 17.7. The van der Waals surface area contributed by atoms with Gasteiger partial charge in [0.25, 0.3) is 10.0 Å². The molecule has 4 aromatic rings. The molecule has 0 aliphatic heterocycles. The van der Waals surface area contributed by atoms with Gasteiger partial charge >= 0.3 is 6.18 Å². The van der Waals surface area contributed by atoms with Crippen molar-refractivity contribution in [2.45, 2.75) is 49.8 Å². The molecule has 0 radical (unpaired) electrons. The van der Waals surface area contributed by atoms with Crippen molar-refractivity contribution in [3.8, 4) is 0 Å². The van der Waals surface area contributed by atoms with Crippen molar-refractivity contribution in [1.29, 1.82) is 0 Å². The van der Waals surface area contributed by atoms with Gasteiger partial charge < -0.3 is 10.2 Å². The van der Waals surface area contributed by atoms with E-state index in [0.29, 0.717) is 28.9 Å². The molecule has 13 heteroatoms. The summed E-state index contributed by atoms with van der Waals surface area (Å²) < 4.78 is 71.1. The number of carbonyl (C=O) groups excluding carboxylic acids is 2. The van der Waals surface area contributed by atoms with Crippen LogP contribution in [0, 0.1) is 0 Å². The van der Waals surface area contributed by atoms with Crippen LogP contribution in [0.25, 0.3) is 0 Å². The van der Waals surface area contributed by atoms with Crippen molar-refractivity contribution in [2.75, 3.05) is 17.4 Å². The zero-order chi connectivity index (χ0) is 34.9. The number of hydrogen-bond acceptors (Lipinski definition) is 4. The van der Waals surface area contributed by atoms with Gasteiger partial charge in [0, 0.05) is 24.0 Å². The van der Waals surface area contributed by atoms with E-state index in [1.165, 1.54) is 29.2 Å². The summed E-state index contributed by atoms with van der Waals surface area (Å²) >= 11 is 9.76. The normalized spacial score (nSPS) is 12.3. The zero-order valence-electron chi connectivity index (χ0n) is 26.0. The third kappa shape index (κ3) is 9.61. The molecule has 4 rings (SSSR count). The molecule has 0 aromatic heterocycles. The molecule has 0 saturated carbocycles. The number of sulfonamides is 1. The monoisotopic (exact) mass is 763 g/mol. The van der Waals surface area contributed by atoms with Gasteiger partial charge in [-0.3, -0.25) is 13.9 Å². The summed E-state index contributed by atoms with van der Waals surface area (Å²) in [5, 5.41) is 2.58. The first-order valence-electron chi connectivity index (χ1n) is 15.1. The van der Waals surface area contributed by atoms with Crippen LogP contribution in [0.15, 0.2) is 112 Å². The average Bonchev–Trinajstić information content (AvgIpc) is 3.06. The fourth-order valence-electron chi connectivity index (χ4n) is 4.96. The number of unbranched alkanes of at least 4 members (excludes halogenated alkanes) is 1. The maximum absolute atomic E-state index is 14.5. The number of hydrogen-bond donors (Lipinski definition) is 1. The summed E-state index contributed by atoms with van der Waals surface area (Å²) in [6.45, 7) is 1.29. The maximum atomic E-state index is 14.5. The van der Waals surface area contributed by atoms with Crippen LogP contribution < -0.4 is 9.62 Å². The number of carbonyl (C=O) groups is 2. The molecule has 254 valence electrons. The van der Waals surface area contributed by atoms with Crippen molar-refractivity contribution in [1.82, 2.24) is 10.2 Å². The van der Waals surface area contributed by atoms with Crippen LogP contribution in [0.1, 0.15) is 36.5 Å². The minimum absolute atomic E-state index is 0.0941. The van der Waals surface area contributed by atoms with Gasteiger partial charge in [-0.1, -0.05) is 102 Å². The van der Waals surface area contributed by atoms with Gasteiger partial charge in [0.15, 0.2) is 0 Å². The molecule has 4 aromatic carbocycles. The van der Waals surface area contributed by atoms with Crippen LogP contribution in [0.5, 0.6) is 0 Å². The minimum Gasteiger partial charge on any atom is -0.354 e. The number of alkyl halides is 3. The first-order chi connectivity index (χ1) is 22.8. The van der Waals surface area contributed by atoms with E-state index in [2.05, 4.69) is 21.2 Å². The van der Waals surface area contributed by atoms with E-state index in [4.69, 9.17) is 11.6 Å². The van der Waals surface area contributed by atoms with Crippen molar-refractivity contribution in [2.24, 2.45) is 0 Å². The van der Waals surface area contributed by atoms with Crippen molar-refractivity contribution < 1.29 is 31.2 Å². The summed E-state index contributed by atoms with van der Waals surface area (Å²) in [7, 11) is -4.64. The molecule has 0 bridgehead atoms. The molecule has 0 aliphatic rings. The fraction of sp³-hybridized carbons (Fsp3) is 0.257. The van der Waals surface area contributed by atoms with Gasteiger partial charge in [-0.15, -0.1) is 0 Å². The van der Waals surface area contributed by atoms with Crippen LogP contribution in [-0.2, 0) is 38.8 Å². The lowest BCUT2D eigenvalue weighted by Gasteiger charge is -2.34. The molecule has 0 aliphatic carbocycles. The third-order valence-electron chi connectivity index (χ3n) is 7.52. The highest BCUT2D eigenvalue weighted by molar-refractivity contribution is 9.10. The Morgan fingerprint density at radius 1 is 0.896 bits per heavy atom. The molecule has 0 spiro atoms. The van der Waals surface area contributed by atoms with Crippen molar-refractivity contribution >= 4 is 55.1 Å². The van der Waals surface area contributed by atoms with E-state index in [0.717, 1.165) is 28.6 Å². The van der Waals surface area contributed by atoms with E-state index in [-0.39, 0.29) is 22.9 Å². The zero-order valence-corrected chi connectivity index (χ0v) is 29.1. The lowest BCUT2D eigenvalue weighted by Crippen LogP contribution is -2.53. The Bertz CT molecular complexity index is 1800. The number of nitrogens with one attached hydrogen (secondary N) is 1. The number of amides is 2. The molecular weight excluding hydrogens is 731 g/mol. The predicted molar refractivity (Wildman–Crippen MR) is 184 cm³/mol. The van der Waals surface area contributed by atoms with Gasteiger partial charge in [0.2, 0.25) is 11.8 Å². The van der Waals surface area contributed by atoms with Crippen molar-refractivity contribution in [3.05, 3.63) is 129 Å². The Balaban J connectivity index is 1.85. The number of nitrogens with zero attached hydrogens (tertiary/aromatic N) is 2. The molecule has 0 heterocycles. The van der Waals surface area contributed by atoms with Crippen LogP contribution in [0.3, 0.4) is 0 Å². The Kier molecular flexibility index (Phi) is 12.7. The van der Waals surface area contributed by atoms with Crippen LogP contribution in [-0.4, -0.2) is 44.3 Å². The van der Waals surface area contributed by atoms with Crippen molar-refractivity contribution in [3.63, 3.8) is 0 Å². The highest BCUT2D eigenvalue weighted by Crippen LogP contribution is 2.37. The number of rotatable bonds is 14. The summed E-state index contributed by atoms with van der Waals surface area (Å²) in [5.41, 5.74) is -0.289. The number of halogens is 5. The molecule has 0 fully saturated rings. The largest absolute Gasteiger partial charge is 0.416 e. The SMILES string of the molecule is CCCCNC(=O)[C@H](Cc1ccccc1)N(Cc1ccc(Br)cc1)C(=O)CN(c1cc(C(F)(F)F)ccc1Cl)S(=O)(=O)c1ccccc1. The lowest BCUT2D eigenvalue weighted by atomic mass is 10.0. The van der Waals surface area contributed by atoms with Gasteiger partial charge in [-0.2, -0.15) is 13.2 Å². The quantitative estimate of drug-likeness (QED) is 0.133. The van der Waals surface area contributed by atoms with E-state index in [1.54, 1.807) is 42.5 Å². The van der Waals surface area contributed by atoms with E-state index < -0.39 is 51.9 Å². The Morgan fingerprint density at radius 3 is 2.12 bits per heavy atom. The minimum atomic E-state index is -4.82. The Morgan fingerprint density at radius 2 is 1.52 bits per heavy atom. The molecule has 1 atom stereocenters. The second kappa shape index (κ2) is 16.5. The maximum Gasteiger partial charge on any atom is 0.416 e. The van der Waals surface area contributed by atoms with Crippen LogP contribution in [0.2, 0.25) is 5.02 Å². The van der Waals surface area contributed by atoms with Gasteiger partial charge in [0.1, 0.15) is 12.6 Å². The highest BCUT2D eigenvalue weighted by atomic mass is 79.9. The van der Waals surface area contributed by atoms with E-state index in [9.17, 15) is 31.2 Å². The number of benzene rings is 4. The second-order valence-corrected chi connectivity index (χ2v) is 14.2. The van der Waals surface area contributed by atoms with Crippen LogP contribution in [0.4, 0.5) is 18.9 Å². The Labute approximate surface area is 291 Å². The number of anilines is 1. The average molecular weight is 765 g/mol. The topological polar surface area (TPSA) is 86.8 Å². The lowest BCUT2D eigenvalue weighted by molar-refractivity contribution is -0.140. The van der Waals surface area contributed by atoms with Gasteiger partial charge in [-0.25, -0.2) is 8.42 Å².